The predicted molar refractivity (Wildman–Crippen MR) is 70.3 cm³/mol. The zero-order valence-electron chi connectivity index (χ0n) is 10.4. The van der Waals surface area contributed by atoms with Crippen LogP contribution < -0.4 is 0 Å². The van der Waals surface area contributed by atoms with Gasteiger partial charge in [-0.25, -0.2) is 8.78 Å². The Kier molecular flexibility index (Phi) is 6.43. The number of rotatable bonds is 6. The molecular formula is C10H19BrF2N2O2S. The van der Waals surface area contributed by atoms with Gasteiger partial charge in [-0.1, -0.05) is 22.9 Å². The third-order valence-electron chi connectivity index (χ3n) is 2.95. The fourth-order valence-corrected chi connectivity index (χ4v) is 4.48. The van der Waals surface area contributed by atoms with E-state index >= 15 is 0 Å². The Hall–Kier alpha value is 0.210. The van der Waals surface area contributed by atoms with E-state index in [1.54, 1.807) is 0 Å². The standard InChI is InChI=1S/C10H19BrF2N2O2S/c1-9-3-2-5-14(7-9)18(16,17)15(6-4-11)8-10(12)13/h9-10H,2-8H2,1H3. The third kappa shape index (κ3) is 4.40. The molecule has 0 radical (unpaired) electrons. The van der Waals surface area contributed by atoms with Gasteiger partial charge in [0.05, 0.1) is 6.54 Å². The molecule has 1 saturated heterocycles. The molecule has 0 aromatic heterocycles. The van der Waals surface area contributed by atoms with Crippen LogP contribution in [-0.4, -0.2) is 55.0 Å². The summed E-state index contributed by atoms with van der Waals surface area (Å²) >= 11 is 3.10. The van der Waals surface area contributed by atoms with Gasteiger partial charge in [-0.3, -0.25) is 0 Å². The summed E-state index contributed by atoms with van der Waals surface area (Å²) in [6.07, 6.45) is -0.877. The van der Waals surface area contributed by atoms with Crippen molar-refractivity contribution >= 4 is 26.1 Å². The number of piperidine rings is 1. The highest BCUT2D eigenvalue weighted by molar-refractivity contribution is 9.09. The molecule has 1 heterocycles. The Morgan fingerprint density at radius 3 is 2.67 bits per heavy atom. The smallest absolute Gasteiger partial charge is 0.209 e. The Labute approximate surface area is 116 Å². The highest BCUT2D eigenvalue weighted by atomic mass is 79.9. The van der Waals surface area contributed by atoms with Gasteiger partial charge >= 0.3 is 0 Å². The molecule has 0 aromatic rings. The zero-order chi connectivity index (χ0) is 13.8. The summed E-state index contributed by atoms with van der Waals surface area (Å²) in [5.41, 5.74) is 0. The van der Waals surface area contributed by atoms with Crippen molar-refractivity contribution in [1.82, 2.24) is 8.61 Å². The Morgan fingerprint density at radius 1 is 1.50 bits per heavy atom. The van der Waals surface area contributed by atoms with E-state index < -0.39 is 23.2 Å². The predicted octanol–water partition coefficient (Wildman–Crippen LogP) is 1.93. The molecule has 1 atom stereocenters. The molecule has 0 N–H and O–H groups in total. The van der Waals surface area contributed by atoms with E-state index in [4.69, 9.17) is 0 Å². The first kappa shape index (κ1) is 16.3. The first-order valence-electron chi connectivity index (χ1n) is 5.97. The number of hydrogen-bond acceptors (Lipinski definition) is 2. The first-order valence-corrected chi connectivity index (χ1v) is 8.49. The normalized spacial score (nSPS) is 22.9. The minimum atomic E-state index is -3.76. The van der Waals surface area contributed by atoms with Crippen LogP contribution in [0, 0.1) is 5.92 Å². The number of hydrogen-bond donors (Lipinski definition) is 0. The van der Waals surface area contributed by atoms with E-state index in [2.05, 4.69) is 15.9 Å². The van der Waals surface area contributed by atoms with Crippen molar-refractivity contribution in [1.29, 1.82) is 0 Å². The second-order valence-electron chi connectivity index (χ2n) is 4.55. The summed E-state index contributed by atoms with van der Waals surface area (Å²) in [7, 11) is -3.76. The van der Waals surface area contributed by atoms with E-state index in [0.29, 0.717) is 18.4 Å². The quantitative estimate of drug-likeness (QED) is 0.688. The van der Waals surface area contributed by atoms with Gasteiger partial charge in [-0.2, -0.15) is 17.0 Å². The molecule has 4 nitrogen and oxygen atoms in total. The maximum atomic E-state index is 12.4. The molecule has 1 unspecified atom stereocenters. The lowest BCUT2D eigenvalue weighted by Crippen LogP contribution is -2.49. The van der Waals surface area contributed by atoms with E-state index in [9.17, 15) is 17.2 Å². The Balaban J connectivity index is 2.79. The summed E-state index contributed by atoms with van der Waals surface area (Å²) in [6, 6.07) is 0. The molecule has 0 saturated carbocycles. The summed E-state index contributed by atoms with van der Waals surface area (Å²) in [5.74, 6) is 0.283. The second kappa shape index (κ2) is 7.12. The van der Waals surface area contributed by atoms with E-state index in [1.807, 2.05) is 6.92 Å². The Morgan fingerprint density at radius 2 is 2.17 bits per heavy atom. The maximum absolute atomic E-state index is 12.4. The highest BCUT2D eigenvalue weighted by Crippen LogP contribution is 2.21. The minimum Gasteiger partial charge on any atom is -0.209 e. The maximum Gasteiger partial charge on any atom is 0.282 e. The second-order valence-corrected chi connectivity index (χ2v) is 7.27. The summed E-state index contributed by atoms with van der Waals surface area (Å²) in [4.78, 5) is 0. The van der Waals surface area contributed by atoms with Gasteiger partial charge in [0.2, 0.25) is 0 Å². The molecule has 8 heteroatoms. The summed E-state index contributed by atoms with van der Waals surface area (Å²) in [5, 5.41) is 0.350. The van der Waals surface area contributed by atoms with Crippen LogP contribution in [0.5, 0.6) is 0 Å². The van der Waals surface area contributed by atoms with Crippen molar-refractivity contribution < 1.29 is 17.2 Å². The molecule has 108 valence electrons. The van der Waals surface area contributed by atoms with Gasteiger partial charge in [0.1, 0.15) is 0 Å². The number of halogens is 3. The topological polar surface area (TPSA) is 40.6 Å². The van der Waals surface area contributed by atoms with Crippen LogP contribution in [0.15, 0.2) is 0 Å². The molecule has 1 rings (SSSR count). The van der Waals surface area contributed by atoms with Crippen molar-refractivity contribution in [2.75, 3.05) is 31.5 Å². The van der Waals surface area contributed by atoms with Gasteiger partial charge in [0, 0.05) is 25.0 Å². The molecular weight excluding hydrogens is 330 g/mol. The van der Waals surface area contributed by atoms with Crippen LogP contribution in [0.25, 0.3) is 0 Å². The van der Waals surface area contributed by atoms with Crippen molar-refractivity contribution in [2.45, 2.75) is 26.2 Å². The van der Waals surface area contributed by atoms with Crippen molar-refractivity contribution in [3.8, 4) is 0 Å². The lowest BCUT2D eigenvalue weighted by molar-refractivity contribution is 0.117. The average Bonchev–Trinajstić information content (AvgIpc) is 2.28. The summed E-state index contributed by atoms with van der Waals surface area (Å²) in [6.45, 7) is 2.15. The van der Waals surface area contributed by atoms with Crippen molar-refractivity contribution in [3.63, 3.8) is 0 Å². The highest BCUT2D eigenvalue weighted by Gasteiger charge is 2.33. The summed E-state index contributed by atoms with van der Waals surface area (Å²) < 4.78 is 51.6. The Bertz CT molecular complexity index is 354. The van der Waals surface area contributed by atoms with Crippen molar-refractivity contribution in [3.05, 3.63) is 0 Å². The van der Waals surface area contributed by atoms with E-state index in [-0.39, 0.29) is 12.5 Å². The number of alkyl halides is 3. The molecule has 1 aliphatic heterocycles. The molecule has 1 aliphatic rings. The molecule has 0 bridgehead atoms. The molecule has 0 spiro atoms. The fourth-order valence-electron chi connectivity index (χ4n) is 2.07. The van der Waals surface area contributed by atoms with E-state index in [1.165, 1.54) is 4.31 Å². The lowest BCUT2D eigenvalue weighted by Gasteiger charge is -2.34. The molecule has 0 amide bonds. The number of nitrogens with zero attached hydrogens (tertiary/aromatic N) is 2. The lowest BCUT2D eigenvalue weighted by atomic mass is 10.0. The SMILES string of the molecule is CC1CCCN(S(=O)(=O)N(CCBr)CC(F)F)C1. The average molecular weight is 349 g/mol. The van der Waals surface area contributed by atoms with E-state index in [0.717, 1.165) is 17.1 Å². The van der Waals surface area contributed by atoms with Crippen molar-refractivity contribution in [2.24, 2.45) is 5.92 Å². The fraction of sp³-hybridized carbons (Fsp3) is 1.00. The van der Waals surface area contributed by atoms with Gasteiger partial charge in [0.15, 0.2) is 0 Å². The van der Waals surface area contributed by atoms with Gasteiger partial charge in [0.25, 0.3) is 16.6 Å². The van der Waals surface area contributed by atoms with Gasteiger partial charge in [-0.05, 0) is 18.8 Å². The van der Waals surface area contributed by atoms with Crippen LogP contribution >= 0.6 is 15.9 Å². The molecule has 1 fully saturated rings. The molecule has 0 aromatic carbocycles. The monoisotopic (exact) mass is 348 g/mol. The third-order valence-corrected chi connectivity index (χ3v) is 5.27. The largest absolute Gasteiger partial charge is 0.282 e. The zero-order valence-corrected chi connectivity index (χ0v) is 12.8. The minimum absolute atomic E-state index is 0.0670. The molecule has 0 aliphatic carbocycles. The van der Waals surface area contributed by atoms with Crippen LogP contribution in [0.2, 0.25) is 0 Å². The van der Waals surface area contributed by atoms with Gasteiger partial charge in [-0.15, -0.1) is 0 Å². The molecule has 18 heavy (non-hydrogen) atoms. The first-order chi connectivity index (χ1) is 8.37. The van der Waals surface area contributed by atoms with Gasteiger partial charge < -0.3 is 0 Å². The van der Waals surface area contributed by atoms with Crippen LogP contribution in [0.4, 0.5) is 8.78 Å². The van der Waals surface area contributed by atoms with Crippen LogP contribution in [0.1, 0.15) is 19.8 Å². The van der Waals surface area contributed by atoms with Crippen LogP contribution in [0.3, 0.4) is 0 Å². The van der Waals surface area contributed by atoms with Crippen LogP contribution in [-0.2, 0) is 10.2 Å².